The summed E-state index contributed by atoms with van der Waals surface area (Å²) in [6, 6.07) is 0. The van der Waals surface area contributed by atoms with Crippen molar-refractivity contribution in [3.8, 4) is 0 Å². The lowest BCUT2D eigenvalue weighted by molar-refractivity contribution is -0.139. The Balaban J connectivity index is 3.13. The van der Waals surface area contributed by atoms with Crippen molar-refractivity contribution >= 4 is 5.97 Å². The highest BCUT2D eigenvalue weighted by atomic mass is 16.5. The number of carbonyl (C=O) groups is 1. The van der Waals surface area contributed by atoms with Gasteiger partial charge in [0, 0.05) is 6.92 Å². The van der Waals surface area contributed by atoms with E-state index in [1.54, 1.807) is 13.8 Å². The predicted molar refractivity (Wildman–Crippen MR) is 26.4 cm³/mol. The number of hydrogen-bond acceptors (Lipinski definition) is 2. The van der Waals surface area contributed by atoms with Crippen LogP contribution in [0.1, 0.15) is 20.8 Å². The van der Waals surface area contributed by atoms with Gasteiger partial charge in [0.05, 0.1) is 0 Å². The molecule has 0 bridgehead atoms. The zero-order valence-electron chi connectivity index (χ0n) is 4.82. The minimum absolute atomic E-state index is 0.250. The Morgan fingerprint density at radius 3 is 1.71 bits per heavy atom. The highest BCUT2D eigenvalue weighted by Gasteiger charge is 1.95. The zero-order chi connectivity index (χ0) is 5.86. The molecule has 0 unspecified atom stereocenters. The molecule has 1 radical (unpaired) electrons. The van der Waals surface area contributed by atoms with Gasteiger partial charge in [-0.05, 0) is 13.8 Å². The van der Waals surface area contributed by atoms with Gasteiger partial charge in [-0.15, -0.1) is 0 Å². The third kappa shape index (κ3) is 5.47. The van der Waals surface area contributed by atoms with Crippen molar-refractivity contribution in [1.29, 1.82) is 0 Å². The van der Waals surface area contributed by atoms with Crippen LogP contribution in [0, 0.1) is 6.10 Å². The maximum absolute atomic E-state index is 10.0. The molecule has 2 heteroatoms. The fourth-order valence-corrected chi connectivity index (χ4v) is 0.287. The Bertz CT molecular complexity index is 66.5. The molecule has 0 aliphatic rings. The predicted octanol–water partition coefficient (Wildman–Crippen LogP) is 1.12. The van der Waals surface area contributed by atoms with Gasteiger partial charge in [-0.1, -0.05) is 0 Å². The average Bonchev–Trinajstić information content (AvgIpc) is 1.27. The van der Waals surface area contributed by atoms with Crippen LogP contribution in [-0.2, 0) is 9.53 Å². The summed E-state index contributed by atoms with van der Waals surface area (Å²) in [5.74, 6) is -0.250. The minimum Gasteiger partial charge on any atom is -0.456 e. The number of ether oxygens (including phenoxy) is 1. The lowest BCUT2D eigenvalue weighted by Crippen LogP contribution is -1.99. The van der Waals surface area contributed by atoms with Gasteiger partial charge in [-0.2, -0.15) is 0 Å². The van der Waals surface area contributed by atoms with Crippen molar-refractivity contribution in [2.75, 3.05) is 0 Å². The number of esters is 1. The summed E-state index contributed by atoms with van der Waals surface area (Å²) in [4.78, 5) is 10.0. The first kappa shape index (κ1) is 6.47. The first-order valence-electron chi connectivity index (χ1n) is 2.11. The van der Waals surface area contributed by atoms with Crippen molar-refractivity contribution in [3.63, 3.8) is 0 Å². The van der Waals surface area contributed by atoms with Crippen molar-refractivity contribution in [2.45, 2.75) is 20.8 Å². The van der Waals surface area contributed by atoms with E-state index >= 15 is 0 Å². The van der Waals surface area contributed by atoms with Crippen LogP contribution >= 0.6 is 0 Å². The molecule has 0 fully saturated rings. The van der Waals surface area contributed by atoms with E-state index in [1.165, 1.54) is 6.92 Å². The average molecular weight is 101 g/mol. The van der Waals surface area contributed by atoms with Crippen molar-refractivity contribution in [1.82, 2.24) is 0 Å². The molecule has 41 valence electrons. The van der Waals surface area contributed by atoms with E-state index in [0.29, 0.717) is 6.10 Å². The summed E-state index contributed by atoms with van der Waals surface area (Å²) in [6.45, 7) is 4.86. The third-order valence-electron chi connectivity index (χ3n) is 0.348. The molecule has 0 atom stereocenters. The number of rotatable bonds is 1. The summed E-state index contributed by atoms with van der Waals surface area (Å²) in [7, 11) is 0. The molecule has 0 N–H and O–H groups in total. The summed E-state index contributed by atoms with van der Waals surface area (Å²) in [5, 5.41) is 0. The van der Waals surface area contributed by atoms with E-state index in [0.717, 1.165) is 0 Å². The fraction of sp³-hybridized carbons (Fsp3) is 0.600. The van der Waals surface area contributed by atoms with Crippen LogP contribution in [-0.4, -0.2) is 5.97 Å². The maximum Gasteiger partial charge on any atom is 0.303 e. The summed E-state index contributed by atoms with van der Waals surface area (Å²) in [6.07, 6.45) is 0.688. The van der Waals surface area contributed by atoms with Crippen LogP contribution in [0.5, 0.6) is 0 Å². The molecule has 0 aliphatic carbocycles. The molecule has 0 heterocycles. The Kier molecular flexibility index (Phi) is 2.41. The topological polar surface area (TPSA) is 26.3 Å². The quantitative estimate of drug-likeness (QED) is 0.462. The number of carbonyl (C=O) groups excluding carboxylic acids is 1. The second-order valence-corrected chi connectivity index (χ2v) is 1.50. The van der Waals surface area contributed by atoms with Gasteiger partial charge in [0.1, 0.15) is 6.10 Å². The van der Waals surface area contributed by atoms with Crippen molar-refractivity contribution in [3.05, 3.63) is 6.10 Å². The van der Waals surface area contributed by atoms with Gasteiger partial charge in [0.15, 0.2) is 0 Å². The van der Waals surface area contributed by atoms with E-state index in [-0.39, 0.29) is 5.97 Å². The van der Waals surface area contributed by atoms with Gasteiger partial charge in [-0.3, -0.25) is 4.79 Å². The molecule has 0 saturated heterocycles. The molecule has 0 rings (SSSR count). The second kappa shape index (κ2) is 2.61. The molecule has 7 heavy (non-hydrogen) atoms. The molecule has 0 spiro atoms. The number of hydrogen-bond donors (Lipinski definition) is 0. The summed E-state index contributed by atoms with van der Waals surface area (Å²) < 4.78 is 4.53. The first-order valence-corrected chi connectivity index (χ1v) is 2.11. The van der Waals surface area contributed by atoms with Crippen molar-refractivity contribution < 1.29 is 9.53 Å². The molecule has 0 aromatic rings. The largest absolute Gasteiger partial charge is 0.456 e. The molecule has 0 aromatic carbocycles. The fourth-order valence-electron chi connectivity index (χ4n) is 0.287. The van der Waals surface area contributed by atoms with E-state index in [2.05, 4.69) is 4.74 Å². The van der Waals surface area contributed by atoms with Crippen LogP contribution in [0.3, 0.4) is 0 Å². The van der Waals surface area contributed by atoms with E-state index in [9.17, 15) is 4.79 Å². The molecule has 2 nitrogen and oxygen atoms in total. The first-order chi connectivity index (χ1) is 3.13. The molecule has 0 amide bonds. The molecule has 0 aromatic heterocycles. The summed E-state index contributed by atoms with van der Waals surface area (Å²) in [5.41, 5.74) is 0. The van der Waals surface area contributed by atoms with E-state index in [4.69, 9.17) is 0 Å². The SMILES string of the molecule is C[C](C)OC(C)=O. The standard InChI is InChI=1S/C5H9O2/c1-4(2)7-5(3)6/h1-3H3. The van der Waals surface area contributed by atoms with Gasteiger partial charge >= 0.3 is 5.97 Å². The zero-order valence-corrected chi connectivity index (χ0v) is 4.82. The van der Waals surface area contributed by atoms with Gasteiger partial charge in [-0.25, -0.2) is 0 Å². The Morgan fingerprint density at radius 2 is 1.71 bits per heavy atom. The Labute approximate surface area is 43.5 Å². The van der Waals surface area contributed by atoms with Gasteiger partial charge in [0.2, 0.25) is 0 Å². The van der Waals surface area contributed by atoms with Crippen LogP contribution in [0.4, 0.5) is 0 Å². The van der Waals surface area contributed by atoms with Crippen LogP contribution in [0.15, 0.2) is 0 Å². The monoisotopic (exact) mass is 101 g/mol. The molecule has 0 aliphatic heterocycles. The second-order valence-electron chi connectivity index (χ2n) is 1.50. The molecule has 0 saturated carbocycles. The normalized spacial score (nSPS) is 9.14. The lowest BCUT2D eigenvalue weighted by atomic mass is 10.5. The minimum atomic E-state index is -0.250. The molecular weight excluding hydrogens is 92.1 g/mol. The van der Waals surface area contributed by atoms with Crippen LogP contribution in [0.2, 0.25) is 0 Å². The smallest absolute Gasteiger partial charge is 0.303 e. The Morgan fingerprint density at radius 1 is 1.29 bits per heavy atom. The maximum atomic E-state index is 10.0. The van der Waals surface area contributed by atoms with Gasteiger partial charge < -0.3 is 4.74 Å². The highest BCUT2D eigenvalue weighted by molar-refractivity contribution is 5.66. The Hall–Kier alpha value is -0.530. The van der Waals surface area contributed by atoms with Gasteiger partial charge in [0.25, 0.3) is 0 Å². The third-order valence-corrected chi connectivity index (χ3v) is 0.348. The van der Waals surface area contributed by atoms with E-state index in [1.807, 2.05) is 0 Å². The highest BCUT2D eigenvalue weighted by Crippen LogP contribution is 1.95. The van der Waals surface area contributed by atoms with Crippen LogP contribution < -0.4 is 0 Å². The van der Waals surface area contributed by atoms with Crippen molar-refractivity contribution in [2.24, 2.45) is 0 Å². The lowest BCUT2D eigenvalue weighted by Gasteiger charge is -2.00. The summed E-state index contributed by atoms with van der Waals surface area (Å²) >= 11 is 0. The molecular formula is C5H9O2. The van der Waals surface area contributed by atoms with Crippen LogP contribution in [0.25, 0.3) is 0 Å². The van der Waals surface area contributed by atoms with E-state index < -0.39 is 0 Å².